The maximum absolute atomic E-state index is 12.7. The maximum Gasteiger partial charge on any atom is 0.294 e. The van der Waals surface area contributed by atoms with Crippen LogP contribution in [-0.2, 0) is 16.2 Å². The molecule has 0 saturated carbocycles. The fourth-order valence-electron chi connectivity index (χ4n) is 3.26. The highest BCUT2D eigenvalue weighted by molar-refractivity contribution is 8.18. The number of ether oxygens (including phenoxy) is 1. The molecule has 0 aromatic heterocycles. The molecule has 0 radical (unpaired) electrons. The summed E-state index contributed by atoms with van der Waals surface area (Å²) in [7, 11) is 0. The minimum atomic E-state index is -0.539. The number of anilines is 1. The molecule has 0 aliphatic carbocycles. The Morgan fingerprint density at radius 3 is 2.51 bits per heavy atom. The van der Waals surface area contributed by atoms with Crippen molar-refractivity contribution in [1.29, 1.82) is 5.26 Å². The second-order valence-electron chi connectivity index (χ2n) is 7.42. The summed E-state index contributed by atoms with van der Waals surface area (Å²) in [6.07, 6.45) is 1.59. The zero-order chi connectivity index (χ0) is 24.8. The van der Waals surface area contributed by atoms with Gasteiger partial charge in [-0.05, 0) is 53.7 Å². The van der Waals surface area contributed by atoms with E-state index in [2.05, 4.69) is 11.4 Å². The third-order valence-electron chi connectivity index (χ3n) is 5.03. The minimum absolute atomic E-state index is 0.220. The van der Waals surface area contributed by atoms with Gasteiger partial charge in [-0.3, -0.25) is 19.3 Å². The Morgan fingerprint density at radius 1 is 1.06 bits per heavy atom. The van der Waals surface area contributed by atoms with Crippen LogP contribution in [0, 0.1) is 11.3 Å². The van der Waals surface area contributed by atoms with Gasteiger partial charge in [-0.1, -0.05) is 54.1 Å². The van der Waals surface area contributed by atoms with Crippen LogP contribution >= 0.6 is 23.4 Å². The molecule has 0 bridgehead atoms. The number of halogens is 1. The number of carbonyl (C=O) groups excluding carboxylic acids is 3. The first-order valence-corrected chi connectivity index (χ1v) is 11.6. The highest BCUT2D eigenvalue weighted by Gasteiger charge is 2.36. The van der Waals surface area contributed by atoms with E-state index in [1.165, 1.54) is 0 Å². The molecule has 7 nitrogen and oxygen atoms in total. The number of nitrogens with zero attached hydrogens (tertiary/aromatic N) is 2. The third-order valence-corrected chi connectivity index (χ3v) is 6.27. The lowest BCUT2D eigenvalue weighted by molar-refractivity contribution is -0.127. The lowest BCUT2D eigenvalue weighted by Crippen LogP contribution is -2.36. The van der Waals surface area contributed by atoms with Crippen LogP contribution in [0.1, 0.15) is 16.7 Å². The Bertz CT molecular complexity index is 1370. The maximum atomic E-state index is 12.7. The normalized spacial score (nSPS) is 14.2. The summed E-state index contributed by atoms with van der Waals surface area (Å²) < 4.78 is 5.76. The Balaban J connectivity index is 1.37. The van der Waals surface area contributed by atoms with Crippen molar-refractivity contribution in [1.82, 2.24) is 4.90 Å². The molecule has 3 aromatic rings. The first-order chi connectivity index (χ1) is 16.9. The number of nitriles is 1. The van der Waals surface area contributed by atoms with E-state index in [-0.39, 0.29) is 11.5 Å². The Kier molecular flexibility index (Phi) is 7.51. The zero-order valence-electron chi connectivity index (χ0n) is 18.2. The van der Waals surface area contributed by atoms with Gasteiger partial charge in [0.05, 0.1) is 27.2 Å². The fraction of sp³-hybridized carbons (Fsp3) is 0.0769. The number of hydrogen-bond acceptors (Lipinski definition) is 6. The number of para-hydroxylation sites is 1. The minimum Gasteiger partial charge on any atom is -0.489 e. The molecule has 0 atom stereocenters. The van der Waals surface area contributed by atoms with E-state index >= 15 is 0 Å². The number of benzene rings is 3. The fourth-order valence-corrected chi connectivity index (χ4v) is 4.28. The summed E-state index contributed by atoms with van der Waals surface area (Å²) in [5.74, 6) is -0.469. The van der Waals surface area contributed by atoms with E-state index in [0.717, 1.165) is 22.2 Å². The van der Waals surface area contributed by atoms with Gasteiger partial charge in [-0.2, -0.15) is 5.26 Å². The van der Waals surface area contributed by atoms with E-state index in [1.54, 1.807) is 66.7 Å². The molecule has 1 N–H and O–H groups in total. The summed E-state index contributed by atoms with van der Waals surface area (Å²) in [6.45, 7) is -0.164. The molecule has 3 amide bonds. The highest BCUT2D eigenvalue weighted by atomic mass is 35.5. The lowest BCUT2D eigenvalue weighted by Gasteiger charge is -2.13. The Morgan fingerprint density at radius 2 is 1.77 bits per heavy atom. The molecule has 1 saturated heterocycles. The molecule has 1 fully saturated rings. The quantitative estimate of drug-likeness (QED) is 0.429. The number of carbonyl (C=O) groups is 3. The predicted molar refractivity (Wildman–Crippen MR) is 135 cm³/mol. The first kappa shape index (κ1) is 24.1. The second-order valence-corrected chi connectivity index (χ2v) is 8.82. The third kappa shape index (κ3) is 5.90. The number of imide groups is 1. The van der Waals surface area contributed by atoms with E-state index in [9.17, 15) is 19.6 Å². The summed E-state index contributed by atoms with van der Waals surface area (Å²) in [5, 5.41) is 11.6. The van der Waals surface area contributed by atoms with Crippen LogP contribution < -0.4 is 10.1 Å². The number of thioether (sulfide) groups is 1. The highest BCUT2D eigenvalue weighted by Crippen LogP contribution is 2.32. The van der Waals surface area contributed by atoms with E-state index in [4.69, 9.17) is 16.3 Å². The summed E-state index contributed by atoms with van der Waals surface area (Å²) in [4.78, 5) is 38.5. The zero-order valence-corrected chi connectivity index (χ0v) is 19.8. The van der Waals surface area contributed by atoms with Gasteiger partial charge in [0, 0.05) is 5.56 Å². The lowest BCUT2D eigenvalue weighted by atomic mass is 10.1. The van der Waals surface area contributed by atoms with E-state index in [1.807, 2.05) is 12.1 Å². The number of nitrogens with one attached hydrogen (secondary N) is 1. The Labute approximate surface area is 210 Å². The molecule has 35 heavy (non-hydrogen) atoms. The van der Waals surface area contributed by atoms with Gasteiger partial charge >= 0.3 is 0 Å². The standard InChI is InChI=1S/C26H18ClN3O4S/c27-21-7-3-4-8-22(21)29-24(31)15-30-25(32)23(35-26(30)33)13-17-9-11-20(12-10-17)34-16-19-6-2-1-5-18(19)14-28/h1-13H,15-16H2,(H,29,31)/b23-13+. The summed E-state index contributed by atoms with van der Waals surface area (Å²) in [5.41, 5.74) is 2.44. The van der Waals surface area contributed by atoms with Gasteiger partial charge in [0.15, 0.2) is 0 Å². The van der Waals surface area contributed by atoms with E-state index < -0.39 is 23.6 Å². The smallest absolute Gasteiger partial charge is 0.294 e. The molecule has 0 spiro atoms. The molecule has 3 aromatic carbocycles. The van der Waals surface area contributed by atoms with Gasteiger partial charge in [0.2, 0.25) is 5.91 Å². The molecule has 4 rings (SSSR count). The van der Waals surface area contributed by atoms with Crippen molar-refractivity contribution in [3.8, 4) is 11.8 Å². The second kappa shape index (κ2) is 10.9. The molecule has 1 aliphatic heterocycles. The molecular formula is C26H18ClN3O4S. The summed E-state index contributed by atoms with van der Waals surface area (Å²) in [6, 6.07) is 23.0. The first-order valence-electron chi connectivity index (χ1n) is 10.4. The van der Waals surface area contributed by atoms with Gasteiger partial charge < -0.3 is 10.1 Å². The average Bonchev–Trinajstić information content (AvgIpc) is 3.12. The molecule has 1 heterocycles. The van der Waals surface area contributed by atoms with Crippen molar-refractivity contribution in [2.75, 3.05) is 11.9 Å². The van der Waals surface area contributed by atoms with Crippen molar-refractivity contribution >= 4 is 52.2 Å². The van der Waals surface area contributed by atoms with Gasteiger partial charge in [0.1, 0.15) is 18.9 Å². The number of rotatable bonds is 7. The molecule has 174 valence electrons. The van der Waals surface area contributed by atoms with Crippen molar-refractivity contribution < 1.29 is 19.1 Å². The van der Waals surface area contributed by atoms with Crippen molar-refractivity contribution in [3.05, 3.63) is 99.4 Å². The van der Waals surface area contributed by atoms with Crippen LogP contribution in [-0.4, -0.2) is 28.5 Å². The van der Waals surface area contributed by atoms with Crippen LogP contribution in [0.3, 0.4) is 0 Å². The van der Waals surface area contributed by atoms with Gasteiger partial charge in [-0.15, -0.1) is 0 Å². The molecular weight excluding hydrogens is 486 g/mol. The van der Waals surface area contributed by atoms with Gasteiger partial charge in [0.25, 0.3) is 11.1 Å². The van der Waals surface area contributed by atoms with Crippen molar-refractivity contribution in [3.63, 3.8) is 0 Å². The SMILES string of the molecule is N#Cc1ccccc1COc1ccc(/C=C2/SC(=O)N(CC(=O)Nc3ccccc3Cl)C2=O)cc1. The van der Waals surface area contributed by atoms with Crippen LogP contribution in [0.15, 0.2) is 77.7 Å². The molecule has 9 heteroatoms. The number of hydrogen-bond donors (Lipinski definition) is 1. The topological polar surface area (TPSA) is 99.5 Å². The summed E-state index contributed by atoms with van der Waals surface area (Å²) >= 11 is 6.81. The molecule has 1 aliphatic rings. The van der Waals surface area contributed by atoms with Crippen LogP contribution in [0.25, 0.3) is 6.08 Å². The number of amides is 3. The van der Waals surface area contributed by atoms with Gasteiger partial charge in [-0.25, -0.2) is 0 Å². The van der Waals surface area contributed by atoms with Crippen LogP contribution in [0.4, 0.5) is 10.5 Å². The average molecular weight is 504 g/mol. The van der Waals surface area contributed by atoms with E-state index in [0.29, 0.717) is 27.6 Å². The van der Waals surface area contributed by atoms with Crippen molar-refractivity contribution in [2.45, 2.75) is 6.61 Å². The monoisotopic (exact) mass is 503 g/mol. The largest absolute Gasteiger partial charge is 0.489 e. The predicted octanol–water partition coefficient (Wildman–Crippen LogP) is 5.47. The van der Waals surface area contributed by atoms with Crippen molar-refractivity contribution in [2.24, 2.45) is 0 Å². The van der Waals surface area contributed by atoms with Crippen LogP contribution in [0.5, 0.6) is 5.75 Å². The van der Waals surface area contributed by atoms with Crippen LogP contribution in [0.2, 0.25) is 5.02 Å². The Hall–Kier alpha value is -4.06. The molecule has 0 unspecified atom stereocenters.